The summed E-state index contributed by atoms with van der Waals surface area (Å²) >= 11 is 0. The zero-order chi connectivity index (χ0) is 59.1. The zero-order valence-electron chi connectivity index (χ0n) is 54.3. The molecule has 0 aromatic heterocycles. The monoisotopic (exact) mass is 1160 g/mol. The fourth-order valence-corrected chi connectivity index (χ4v) is 11.0. The minimum atomic E-state index is -4.36. The number of allylic oxidation sites excluding steroid dienone is 11. The van der Waals surface area contributed by atoms with Crippen molar-refractivity contribution in [3.05, 3.63) is 72.9 Å². The third-order valence-corrected chi connectivity index (χ3v) is 16.6. The molecule has 8 nitrogen and oxygen atoms in total. The summed E-state index contributed by atoms with van der Waals surface area (Å²) in [5, 5.41) is 14.0. The molecule has 0 aromatic carbocycles. The van der Waals surface area contributed by atoms with Gasteiger partial charge in [-0.25, -0.2) is 4.57 Å². The Labute approximate surface area is 504 Å². The smallest absolute Gasteiger partial charge is 0.387 e. The van der Waals surface area contributed by atoms with E-state index in [2.05, 4.69) is 79.9 Å². The van der Waals surface area contributed by atoms with Crippen LogP contribution in [0.5, 0.6) is 0 Å². The van der Waals surface area contributed by atoms with E-state index < -0.39 is 20.0 Å². The number of carbonyl (C=O) groups is 1. The predicted octanol–water partition coefficient (Wildman–Crippen LogP) is 22.2. The largest absolute Gasteiger partial charge is 0.472 e. The molecule has 0 aliphatic carbocycles. The molecule has 0 radical (unpaired) electrons. The molecule has 0 saturated carbocycles. The first-order chi connectivity index (χ1) is 39.5. The van der Waals surface area contributed by atoms with Gasteiger partial charge in [-0.05, 0) is 70.6 Å². The molecule has 1 amide bonds. The molecule has 3 unspecified atom stereocenters. The molecule has 474 valence electrons. The Morgan fingerprint density at radius 3 is 1.14 bits per heavy atom. The second-order valence-corrected chi connectivity index (χ2v) is 26.3. The SMILES string of the molecule is CC/C=C\C/C=C\C/C=C\C/C=C\CCCCCCCCCCCCCCCCCCCCCCCCCCCCCCC(=O)NC(COP(=O)(O)OCC[N+](C)(C)C)C(O)/C=C/CC/C=C/CCCCCCCCCCCCCC. The summed E-state index contributed by atoms with van der Waals surface area (Å²) in [6.45, 7) is 4.72. The Morgan fingerprint density at radius 2 is 0.753 bits per heavy atom. The Bertz CT molecular complexity index is 1550. The predicted molar refractivity (Wildman–Crippen MR) is 355 cm³/mol. The van der Waals surface area contributed by atoms with Crippen molar-refractivity contribution in [3.8, 4) is 0 Å². The molecule has 81 heavy (non-hydrogen) atoms. The van der Waals surface area contributed by atoms with Crippen molar-refractivity contribution in [1.29, 1.82) is 0 Å². The van der Waals surface area contributed by atoms with Crippen molar-refractivity contribution in [2.24, 2.45) is 0 Å². The summed E-state index contributed by atoms with van der Waals surface area (Å²) < 4.78 is 23.8. The van der Waals surface area contributed by atoms with E-state index in [9.17, 15) is 19.4 Å². The van der Waals surface area contributed by atoms with Gasteiger partial charge in [-0.15, -0.1) is 0 Å². The lowest BCUT2D eigenvalue weighted by Crippen LogP contribution is -2.45. The van der Waals surface area contributed by atoms with Gasteiger partial charge in [-0.3, -0.25) is 13.8 Å². The second kappa shape index (κ2) is 62.5. The summed E-state index contributed by atoms with van der Waals surface area (Å²) in [7, 11) is 1.57. The van der Waals surface area contributed by atoms with Crippen LogP contribution in [0.3, 0.4) is 0 Å². The van der Waals surface area contributed by atoms with Gasteiger partial charge in [-0.2, -0.15) is 0 Å². The molecule has 0 bridgehead atoms. The van der Waals surface area contributed by atoms with E-state index in [1.54, 1.807) is 6.08 Å². The molecule has 3 N–H and O–H groups in total. The van der Waals surface area contributed by atoms with Gasteiger partial charge in [0.25, 0.3) is 0 Å². The van der Waals surface area contributed by atoms with Crippen molar-refractivity contribution >= 4 is 13.7 Å². The first-order valence-corrected chi connectivity index (χ1v) is 36.3. The van der Waals surface area contributed by atoms with Crippen LogP contribution in [0, 0.1) is 0 Å². The number of quaternary nitrogens is 1. The van der Waals surface area contributed by atoms with E-state index in [0.29, 0.717) is 17.4 Å². The van der Waals surface area contributed by atoms with Crippen LogP contribution >= 0.6 is 7.82 Å². The van der Waals surface area contributed by atoms with Crippen molar-refractivity contribution in [2.45, 2.75) is 341 Å². The zero-order valence-corrected chi connectivity index (χ0v) is 55.2. The first kappa shape index (κ1) is 78.9. The molecule has 3 atom stereocenters. The van der Waals surface area contributed by atoms with Gasteiger partial charge in [-0.1, -0.05) is 324 Å². The van der Waals surface area contributed by atoms with Crippen LogP contribution < -0.4 is 5.32 Å². The summed E-state index contributed by atoms with van der Waals surface area (Å²) in [6, 6.07) is -0.864. The number of rotatable bonds is 64. The van der Waals surface area contributed by atoms with Crippen molar-refractivity contribution in [1.82, 2.24) is 5.32 Å². The van der Waals surface area contributed by atoms with Gasteiger partial charge in [0.2, 0.25) is 5.91 Å². The molecular weight excluding hydrogens is 1020 g/mol. The summed E-state index contributed by atoms with van der Waals surface area (Å²) in [4.78, 5) is 23.4. The maximum absolute atomic E-state index is 13.0. The van der Waals surface area contributed by atoms with E-state index >= 15 is 0 Å². The van der Waals surface area contributed by atoms with Crippen molar-refractivity contribution in [3.63, 3.8) is 0 Å². The molecule has 0 fully saturated rings. The lowest BCUT2D eigenvalue weighted by Gasteiger charge is -2.25. The minimum Gasteiger partial charge on any atom is -0.387 e. The van der Waals surface area contributed by atoms with Crippen molar-refractivity contribution < 1.29 is 32.9 Å². The number of hydrogen-bond acceptors (Lipinski definition) is 5. The number of nitrogens with one attached hydrogen (secondary N) is 1. The van der Waals surface area contributed by atoms with Crippen LogP contribution in [0.4, 0.5) is 0 Å². The van der Waals surface area contributed by atoms with E-state index in [4.69, 9.17) is 9.05 Å². The number of likely N-dealkylation sites (N-methyl/N-ethyl adjacent to an activating group) is 1. The number of aliphatic hydroxyl groups excluding tert-OH is 1. The average molecular weight is 1160 g/mol. The molecule has 9 heteroatoms. The number of hydrogen-bond donors (Lipinski definition) is 3. The maximum atomic E-state index is 13.0. The lowest BCUT2D eigenvalue weighted by molar-refractivity contribution is -0.870. The van der Waals surface area contributed by atoms with E-state index in [1.165, 1.54) is 244 Å². The number of amides is 1. The molecule has 0 rings (SSSR count). The topological polar surface area (TPSA) is 105 Å². The van der Waals surface area contributed by atoms with Gasteiger partial charge >= 0.3 is 7.82 Å². The number of phosphoric acid groups is 1. The summed E-state index contributed by atoms with van der Waals surface area (Å²) in [5.74, 6) is -0.181. The second-order valence-electron chi connectivity index (χ2n) is 24.9. The molecule has 0 aliphatic heterocycles. The average Bonchev–Trinajstić information content (AvgIpc) is 3.43. The Balaban J connectivity index is 3.92. The van der Waals surface area contributed by atoms with Gasteiger partial charge < -0.3 is 19.8 Å². The normalized spacial score (nSPS) is 14.1. The maximum Gasteiger partial charge on any atom is 0.472 e. The third-order valence-electron chi connectivity index (χ3n) is 15.7. The highest BCUT2D eigenvalue weighted by molar-refractivity contribution is 7.47. The summed E-state index contributed by atoms with van der Waals surface area (Å²) in [5.41, 5.74) is 0. The van der Waals surface area contributed by atoms with Crippen LogP contribution in [0.25, 0.3) is 0 Å². The Hall–Kier alpha value is -2.06. The third kappa shape index (κ3) is 65.3. The van der Waals surface area contributed by atoms with Gasteiger partial charge in [0.15, 0.2) is 0 Å². The number of phosphoric ester groups is 1. The van der Waals surface area contributed by atoms with Crippen LogP contribution in [0.15, 0.2) is 72.9 Å². The van der Waals surface area contributed by atoms with Crippen molar-refractivity contribution in [2.75, 3.05) is 40.9 Å². The number of aliphatic hydroxyl groups is 1. The molecule has 0 spiro atoms. The van der Waals surface area contributed by atoms with E-state index in [0.717, 1.165) is 64.2 Å². The quantitative estimate of drug-likeness (QED) is 0.0243. The fourth-order valence-electron chi connectivity index (χ4n) is 10.3. The highest BCUT2D eigenvalue weighted by atomic mass is 31.2. The van der Waals surface area contributed by atoms with E-state index in [1.807, 2.05) is 27.2 Å². The number of nitrogens with zero attached hydrogens (tertiary/aromatic N) is 1. The number of unbranched alkanes of at least 4 members (excludes halogenated alkanes) is 41. The van der Waals surface area contributed by atoms with Crippen LogP contribution in [-0.2, 0) is 18.4 Å². The molecule has 0 heterocycles. The van der Waals surface area contributed by atoms with Gasteiger partial charge in [0.1, 0.15) is 13.2 Å². The fraction of sp³-hybridized carbons (Fsp3) is 0.819. The standard InChI is InChI=1S/C72H135N2O6P/c1-6-8-10-12-14-16-18-20-22-24-26-27-28-29-30-31-32-33-34-35-36-37-38-39-40-41-42-43-44-45-46-47-48-50-52-54-56-58-60-62-64-66-72(76)73-70(69-80-81(77,78)79-68-67-74(3,4)5)71(75)65-63-61-59-57-55-53-51-49-25-23-21-19-17-15-13-11-9-7-2/h8,10,14,16,20,22,26-27,55,57,63,65,70-71,75H,6-7,9,11-13,15,17-19,21,23-25,28-54,56,58-62,64,66-69H2,1-5H3,(H-,73,76,77,78)/p+1/b10-8-,16-14-,22-20-,27-26-,57-55+,65-63+. The van der Waals surface area contributed by atoms with Crippen LogP contribution in [0.2, 0.25) is 0 Å². The highest BCUT2D eigenvalue weighted by Crippen LogP contribution is 2.43. The van der Waals surface area contributed by atoms with E-state index in [-0.39, 0.29) is 19.1 Å². The van der Waals surface area contributed by atoms with Gasteiger partial charge in [0.05, 0.1) is 39.9 Å². The summed E-state index contributed by atoms with van der Waals surface area (Å²) in [6.07, 6.45) is 87.8. The first-order valence-electron chi connectivity index (χ1n) is 34.8. The van der Waals surface area contributed by atoms with Crippen LogP contribution in [0.1, 0.15) is 328 Å². The lowest BCUT2D eigenvalue weighted by atomic mass is 10.0. The minimum absolute atomic E-state index is 0.0568. The molecule has 0 saturated heterocycles. The Kier molecular flexibility index (Phi) is 60.9. The highest BCUT2D eigenvalue weighted by Gasteiger charge is 2.28. The molecular formula is C72H136N2O6P+. The van der Waals surface area contributed by atoms with Gasteiger partial charge in [0, 0.05) is 6.42 Å². The molecule has 0 aromatic rings. The van der Waals surface area contributed by atoms with Crippen LogP contribution in [-0.4, -0.2) is 73.4 Å². The number of carbonyl (C=O) groups excluding carboxylic acids is 1. The molecule has 0 aliphatic rings. The Morgan fingerprint density at radius 1 is 0.432 bits per heavy atom.